The predicted octanol–water partition coefficient (Wildman–Crippen LogP) is 0.751. The van der Waals surface area contributed by atoms with Crippen LogP contribution >= 0.6 is 0 Å². The monoisotopic (exact) mass is 289 g/mol. The maximum absolute atomic E-state index is 11.9. The Morgan fingerprint density at radius 2 is 2.21 bits per heavy atom. The highest BCUT2D eigenvalue weighted by atomic mass is 32.2. The summed E-state index contributed by atoms with van der Waals surface area (Å²) in [4.78, 5) is 17.5. The SMILES string of the molecule is CCCC(CNS(=O)(=O)c1cnc(CC)[nH]1)C(=O)O. The normalized spacial score (nSPS) is 13.4. The molecule has 19 heavy (non-hydrogen) atoms. The molecule has 0 amide bonds. The molecule has 0 bridgehead atoms. The van der Waals surface area contributed by atoms with Gasteiger partial charge in [0.05, 0.1) is 12.1 Å². The van der Waals surface area contributed by atoms with Gasteiger partial charge >= 0.3 is 5.97 Å². The summed E-state index contributed by atoms with van der Waals surface area (Å²) in [6.45, 7) is 3.59. The van der Waals surface area contributed by atoms with E-state index in [1.54, 1.807) is 0 Å². The number of aromatic nitrogens is 2. The zero-order valence-corrected chi connectivity index (χ0v) is 11.8. The molecule has 1 aromatic heterocycles. The molecule has 0 aliphatic heterocycles. The third-order valence-corrected chi connectivity index (χ3v) is 4.07. The Morgan fingerprint density at radius 1 is 1.53 bits per heavy atom. The minimum atomic E-state index is -3.73. The highest BCUT2D eigenvalue weighted by Crippen LogP contribution is 2.09. The Morgan fingerprint density at radius 3 is 2.68 bits per heavy atom. The van der Waals surface area contributed by atoms with Crippen molar-refractivity contribution in [2.45, 2.75) is 38.1 Å². The molecule has 108 valence electrons. The number of aromatic amines is 1. The molecule has 0 spiro atoms. The number of imidazole rings is 1. The van der Waals surface area contributed by atoms with E-state index in [2.05, 4.69) is 14.7 Å². The summed E-state index contributed by atoms with van der Waals surface area (Å²) in [6, 6.07) is 0. The van der Waals surface area contributed by atoms with E-state index in [-0.39, 0.29) is 11.6 Å². The first-order valence-corrected chi connectivity index (χ1v) is 7.65. The molecular formula is C11H19N3O4S. The molecule has 0 radical (unpaired) electrons. The molecule has 3 N–H and O–H groups in total. The molecule has 0 saturated carbocycles. The van der Waals surface area contributed by atoms with Crippen molar-refractivity contribution in [2.24, 2.45) is 5.92 Å². The predicted molar refractivity (Wildman–Crippen MR) is 69.2 cm³/mol. The Bertz CT molecular complexity index is 524. The van der Waals surface area contributed by atoms with Crippen molar-refractivity contribution in [3.63, 3.8) is 0 Å². The largest absolute Gasteiger partial charge is 0.481 e. The standard InChI is InChI=1S/C11H19N3O4S/c1-3-5-8(11(15)16)6-13-19(17,18)10-7-12-9(4-2)14-10/h7-8,13H,3-6H2,1-2H3,(H,12,14)(H,15,16). The minimum Gasteiger partial charge on any atom is -0.481 e. The van der Waals surface area contributed by atoms with Crippen molar-refractivity contribution >= 4 is 16.0 Å². The quantitative estimate of drug-likeness (QED) is 0.653. The molecule has 0 aliphatic carbocycles. The van der Waals surface area contributed by atoms with Gasteiger partial charge in [-0.05, 0) is 6.42 Å². The third kappa shape index (κ3) is 4.32. The molecule has 0 aromatic carbocycles. The van der Waals surface area contributed by atoms with Crippen LogP contribution in [0.4, 0.5) is 0 Å². The van der Waals surface area contributed by atoms with Gasteiger partial charge in [0.25, 0.3) is 10.0 Å². The van der Waals surface area contributed by atoms with Crippen LogP contribution in [0.15, 0.2) is 11.2 Å². The second kappa shape index (κ2) is 6.67. The molecule has 7 nitrogen and oxygen atoms in total. The highest BCUT2D eigenvalue weighted by Gasteiger charge is 2.22. The van der Waals surface area contributed by atoms with Crippen molar-refractivity contribution in [2.75, 3.05) is 6.54 Å². The summed E-state index contributed by atoms with van der Waals surface area (Å²) < 4.78 is 26.1. The summed E-state index contributed by atoms with van der Waals surface area (Å²) in [5.41, 5.74) is 0. The van der Waals surface area contributed by atoms with Crippen molar-refractivity contribution in [3.05, 3.63) is 12.0 Å². The minimum absolute atomic E-state index is 0.0370. The molecular weight excluding hydrogens is 270 g/mol. The number of aliphatic carboxylic acids is 1. The molecule has 0 saturated heterocycles. The van der Waals surface area contributed by atoms with Crippen LogP contribution in [0.5, 0.6) is 0 Å². The first-order chi connectivity index (χ1) is 8.90. The molecule has 1 heterocycles. The van der Waals surface area contributed by atoms with Crippen LogP contribution in [0.25, 0.3) is 0 Å². The number of rotatable bonds is 8. The number of carboxylic acids is 1. The van der Waals surface area contributed by atoms with Crippen molar-refractivity contribution < 1.29 is 18.3 Å². The Labute approximate surface area is 112 Å². The molecule has 1 rings (SSSR count). The first-order valence-electron chi connectivity index (χ1n) is 6.17. The van der Waals surface area contributed by atoms with Gasteiger partial charge in [-0.3, -0.25) is 4.79 Å². The van der Waals surface area contributed by atoms with E-state index in [4.69, 9.17) is 5.11 Å². The van der Waals surface area contributed by atoms with E-state index >= 15 is 0 Å². The van der Waals surface area contributed by atoms with Crippen LogP contribution in [-0.4, -0.2) is 36.0 Å². The lowest BCUT2D eigenvalue weighted by Crippen LogP contribution is -2.33. The maximum atomic E-state index is 11.9. The second-order valence-electron chi connectivity index (χ2n) is 4.22. The lowest BCUT2D eigenvalue weighted by atomic mass is 10.1. The lowest BCUT2D eigenvalue weighted by Gasteiger charge is -2.11. The van der Waals surface area contributed by atoms with Crippen LogP contribution in [0.3, 0.4) is 0 Å². The van der Waals surface area contributed by atoms with Gasteiger partial charge in [0.2, 0.25) is 0 Å². The van der Waals surface area contributed by atoms with E-state index in [1.807, 2.05) is 13.8 Å². The smallest absolute Gasteiger partial charge is 0.307 e. The maximum Gasteiger partial charge on any atom is 0.307 e. The third-order valence-electron chi connectivity index (χ3n) is 2.74. The molecule has 1 atom stereocenters. The molecule has 8 heteroatoms. The number of hydrogen-bond donors (Lipinski definition) is 3. The molecule has 0 aliphatic rings. The van der Waals surface area contributed by atoms with E-state index in [9.17, 15) is 13.2 Å². The Balaban J connectivity index is 2.71. The van der Waals surface area contributed by atoms with E-state index in [0.717, 1.165) is 0 Å². The lowest BCUT2D eigenvalue weighted by molar-refractivity contribution is -0.141. The van der Waals surface area contributed by atoms with Gasteiger partial charge in [-0.15, -0.1) is 0 Å². The fourth-order valence-corrected chi connectivity index (χ4v) is 2.63. The van der Waals surface area contributed by atoms with Crippen molar-refractivity contribution in [1.82, 2.24) is 14.7 Å². The van der Waals surface area contributed by atoms with Crippen molar-refractivity contribution in [1.29, 1.82) is 0 Å². The van der Waals surface area contributed by atoms with Gasteiger partial charge in [0.15, 0.2) is 5.03 Å². The summed E-state index contributed by atoms with van der Waals surface area (Å²) in [6.07, 6.45) is 2.95. The fraction of sp³-hybridized carbons (Fsp3) is 0.636. The van der Waals surface area contributed by atoms with Gasteiger partial charge < -0.3 is 10.1 Å². The van der Waals surface area contributed by atoms with Gasteiger partial charge in [-0.2, -0.15) is 0 Å². The second-order valence-corrected chi connectivity index (χ2v) is 5.96. The van der Waals surface area contributed by atoms with Crippen LogP contribution in [0.2, 0.25) is 0 Å². The number of aryl methyl sites for hydroxylation is 1. The number of sulfonamides is 1. The topological polar surface area (TPSA) is 112 Å². The number of nitrogens with one attached hydrogen (secondary N) is 2. The van der Waals surface area contributed by atoms with E-state index < -0.39 is 21.9 Å². The van der Waals surface area contributed by atoms with Crippen LogP contribution < -0.4 is 4.72 Å². The fourth-order valence-electron chi connectivity index (χ4n) is 1.61. The summed E-state index contributed by atoms with van der Waals surface area (Å²) in [5, 5.41) is 8.92. The summed E-state index contributed by atoms with van der Waals surface area (Å²) in [7, 11) is -3.73. The van der Waals surface area contributed by atoms with Gasteiger partial charge in [-0.25, -0.2) is 18.1 Å². The van der Waals surface area contributed by atoms with Gasteiger partial charge in [0.1, 0.15) is 5.82 Å². The Kier molecular flexibility index (Phi) is 5.49. The van der Waals surface area contributed by atoms with Crippen LogP contribution in [0.1, 0.15) is 32.5 Å². The number of nitrogens with zero attached hydrogens (tertiary/aromatic N) is 1. The first kappa shape index (κ1) is 15.6. The van der Waals surface area contributed by atoms with Crippen LogP contribution in [0, 0.1) is 5.92 Å². The van der Waals surface area contributed by atoms with E-state index in [1.165, 1.54) is 6.20 Å². The average Bonchev–Trinajstić information content (AvgIpc) is 2.83. The number of H-pyrrole nitrogens is 1. The zero-order valence-electron chi connectivity index (χ0n) is 11.0. The van der Waals surface area contributed by atoms with Crippen molar-refractivity contribution in [3.8, 4) is 0 Å². The van der Waals surface area contributed by atoms with Crippen LogP contribution in [-0.2, 0) is 21.2 Å². The number of carboxylic acid groups (broad SMARTS) is 1. The molecule has 1 unspecified atom stereocenters. The number of carbonyl (C=O) groups is 1. The Hall–Kier alpha value is -1.41. The zero-order chi connectivity index (χ0) is 14.5. The summed E-state index contributed by atoms with van der Waals surface area (Å²) >= 11 is 0. The van der Waals surface area contributed by atoms with Gasteiger partial charge in [-0.1, -0.05) is 20.3 Å². The summed E-state index contributed by atoms with van der Waals surface area (Å²) in [5.74, 6) is -1.14. The average molecular weight is 289 g/mol. The van der Waals surface area contributed by atoms with Gasteiger partial charge in [0, 0.05) is 13.0 Å². The molecule has 0 fully saturated rings. The molecule has 1 aromatic rings. The highest BCUT2D eigenvalue weighted by molar-refractivity contribution is 7.89. The van der Waals surface area contributed by atoms with E-state index in [0.29, 0.717) is 25.1 Å². The number of hydrogen-bond acceptors (Lipinski definition) is 4.